The highest BCUT2D eigenvalue weighted by atomic mass is 16.5. The predicted octanol–water partition coefficient (Wildman–Crippen LogP) is 2.27. The number of nitrogens with one attached hydrogen (secondary N) is 1. The normalized spacial score (nSPS) is 17.1. The monoisotopic (exact) mass is 271 g/mol. The van der Waals surface area contributed by atoms with E-state index in [4.69, 9.17) is 4.74 Å². The van der Waals surface area contributed by atoms with E-state index >= 15 is 0 Å². The molecule has 0 fully saturated rings. The second-order valence-corrected chi connectivity index (χ2v) is 4.81. The van der Waals surface area contributed by atoms with Crippen molar-refractivity contribution < 1.29 is 9.53 Å². The summed E-state index contributed by atoms with van der Waals surface area (Å²) >= 11 is 0. The lowest BCUT2D eigenvalue weighted by Crippen LogP contribution is -2.26. The van der Waals surface area contributed by atoms with Gasteiger partial charge >= 0.3 is 5.97 Å². The first-order valence-electron chi connectivity index (χ1n) is 6.81. The molecular formula is C15H17N3O2. The maximum absolute atomic E-state index is 11.7. The molecule has 1 aromatic heterocycles. The molecule has 5 nitrogen and oxygen atoms in total. The zero-order chi connectivity index (χ0) is 13.9. The number of carbonyl (C=O) groups is 1. The Morgan fingerprint density at radius 2 is 2.25 bits per heavy atom. The molecule has 5 heteroatoms. The van der Waals surface area contributed by atoms with Crippen LogP contribution in [0.4, 0.5) is 5.82 Å². The molecule has 1 unspecified atom stereocenters. The van der Waals surface area contributed by atoms with Crippen molar-refractivity contribution in [1.29, 1.82) is 0 Å². The number of rotatable bonds is 3. The number of aromatic nitrogens is 2. The molecule has 20 heavy (non-hydrogen) atoms. The van der Waals surface area contributed by atoms with Gasteiger partial charge in [0.1, 0.15) is 5.82 Å². The lowest BCUT2D eigenvalue weighted by molar-refractivity contribution is 0.0518. The summed E-state index contributed by atoms with van der Waals surface area (Å²) in [7, 11) is 0. The van der Waals surface area contributed by atoms with Gasteiger partial charge < -0.3 is 10.1 Å². The van der Waals surface area contributed by atoms with Crippen molar-refractivity contribution in [3.8, 4) is 0 Å². The molecule has 1 aliphatic heterocycles. The fourth-order valence-electron chi connectivity index (χ4n) is 2.45. The first kappa shape index (κ1) is 12.7. The Hall–Kier alpha value is -2.30. The summed E-state index contributed by atoms with van der Waals surface area (Å²) in [6, 6.07) is 12.1. The molecule has 104 valence electrons. The second kappa shape index (κ2) is 5.36. The van der Waals surface area contributed by atoms with Crippen molar-refractivity contribution in [3.05, 3.63) is 47.7 Å². The number of benzene rings is 1. The molecule has 3 rings (SSSR count). The van der Waals surface area contributed by atoms with Gasteiger partial charge in [-0.15, -0.1) is 0 Å². The van der Waals surface area contributed by atoms with E-state index in [0.717, 1.165) is 18.9 Å². The topological polar surface area (TPSA) is 56.2 Å². The van der Waals surface area contributed by atoms with Gasteiger partial charge in [0.2, 0.25) is 0 Å². The van der Waals surface area contributed by atoms with Gasteiger partial charge in [0.05, 0.1) is 13.2 Å². The van der Waals surface area contributed by atoms with Crippen LogP contribution in [0, 0.1) is 0 Å². The molecule has 0 radical (unpaired) electrons. The number of hydrogen-bond donors (Lipinski definition) is 1. The third kappa shape index (κ3) is 2.39. The van der Waals surface area contributed by atoms with E-state index in [2.05, 4.69) is 22.5 Å². The van der Waals surface area contributed by atoms with Gasteiger partial charge in [0, 0.05) is 18.5 Å². The minimum absolute atomic E-state index is 0.360. The van der Waals surface area contributed by atoms with Gasteiger partial charge in [0.15, 0.2) is 5.69 Å². The van der Waals surface area contributed by atoms with E-state index in [0.29, 0.717) is 18.2 Å². The summed E-state index contributed by atoms with van der Waals surface area (Å²) in [4.78, 5) is 11.7. The molecule has 1 atom stereocenters. The Kier molecular flexibility index (Phi) is 3.41. The van der Waals surface area contributed by atoms with E-state index < -0.39 is 0 Å². The van der Waals surface area contributed by atoms with Crippen LogP contribution in [0.2, 0.25) is 0 Å². The number of anilines is 1. The maximum atomic E-state index is 11.7. The summed E-state index contributed by atoms with van der Waals surface area (Å²) in [5.74, 6) is 0.867. The average Bonchev–Trinajstić information content (AvgIpc) is 2.91. The fraction of sp³-hybridized carbons (Fsp3) is 0.333. The highest BCUT2D eigenvalue weighted by Crippen LogP contribution is 2.25. The van der Waals surface area contributed by atoms with Gasteiger partial charge in [-0.3, -0.25) is 0 Å². The lowest BCUT2D eigenvalue weighted by atomic mass is 9.98. The van der Waals surface area contributed by atoms with Crippen molar-refractivity contribution in [3.63, 3.8) is 0 Å². The summed E-state index contributed by atoms with van der Waals surface area (Å²) in [6.07, 6.45) is 0. The van der Waals surface area contributed by atoms with Crippen molar-refractivity contribution >= 4 is 11.8 Å². The van der Waals surface area contributed by atoms with E-state index in [1.807, 2.05) is 22.9 Å². The molecule has 0 saturated carbocycles. The number of esters is 1. The van der Waals surface area contributed by atoms with E-state index in [1.54, 1.807) is 13.0 Å². The van der Waals surface area contributed by atoms with Crippen molar-refractivity contribution in [1.82, 2.24) is 9.78 Å². The van der Waals surface area contributed by atoms with Crippen molar-refractivity contribution in [2.24, 2.45) is 0 Å². The number of carbonyl (C=O) groups excluding carboxylic acids is 1. The summed E-state index contributed by atoms with van der Waals surface area (Å²) < 4.78 is 6.82. The molecule has 1 aliphatic rings. The number of ether oxygens (including phenoxy) is 1. The molecule has 0 amide bonds. The van der Waals surface area contributed by atoms with Crippen LogP contribution in [0.1, 0.15) is 28.9 Å². The zero-order valence-corrected chi connectivity index (χ0v) is 11.4. The van der Waals surface area contributed by atoms with Crippen LogP contribution in [0.25, 0.3) is 0 Å². The van der Waals surface area contributed by atoms with Crippen molar-refractivity contribution in [2.75, 3.05) is 18.5 Å². The first-order chi connectivity index (χ1) is 9.78. The van der Waals surface area contributed by atoms with E-state index in [-0.39, 0.29) is 5.97 Å². The highest BCUT2D eigenvalue weighted by Gasteiger charge is 2.23. The van der Waals surface area contributed by atoms with Crippen LogP contribution >= 0.6 is 0 Å². The van der Waals surface area contributed by atoms with E-state index in [1.165, 1.54) is 5.56 Å². The Bertz CT molecular complexity index is 607. The highest BCUT2D eigenvalue weighted by molar-refractivity contribution is 5.88. The molecule has 0 saturated heterocycles. The molecule has 2 heterocycles. The molecule has 2 aromatic rings. The number of nitrogens with zero attached hydrogens (tertiary/aromatic N) is 2. The maximum Gasteiger partial charge on any atom is 0.358 e. The Morgan fingerprint density at radius 1 is 1.45 bits per heavy atom. The third-order valence-electron chi connectivity index (χ3n) is 3.46. The summed E-state index contributed by atoms with van der Waals surface area (Å²) in [5, 5.41) is 7.65. The Labute approximate surface area is 117 Å². The van der Waals surface area contributed by atoms with Crippen LogP contribution < -0.4 is 5.32 Å². The third-order valence-corrected chi connectivity index (χ3v) is 3.46. The Morgan fingerprint density at radius 3 is 3.00 bits per heavy atom. The van der Waals surface area contributed by atoms with Crippen LogP contribution in [-0.2, 0) is 11.3 Å². The van der Waals surface area contributed by atoms with Crippen LogP contribution in [0.15, 0.2) is 36.4 Å². The fourth-order valence-corrected chi connectivity index (χ4v) is 2.45. The average molecular weight is 271 g/mol. The molecule has 0 bridgehead atoms. The Balaban J connectivity index is 1.80. The van der Waals surface area contributed by atoms with Crippen LogP contribution in [0.3, 0.4) is 0 Å². The smallest absolute Gasteiger partial charge is 0.358 e. The standard InChI is InChI=1S/C15H17N3O2/c1-2-20-15(19)13-8-14-16-9-12(10-18(14)17-13)11-6-4-3-5-7-11/h3-8,12,16H,2,9-10H2,1H3. The molecular weight excluding hydrogens is 254 g/mol. The first-order valence-corrected chi connectivity index (χ1v) is 6.81. The second-order valence-electron chi connectivity index (χ2n) is 4.81. The minimum atomic E-state index is -0.368. The molecule has 0 aliphatic carbocycles. The summed E-state index contributed by atoms with van der Waals surface area (Å²) in [6.45, 7) is 3.77. The van der Waals surface area contributed by atoms with Gasteiger partial charge in [-0.05, 0) is 12.5 Å². The quantitative estimate of drug-likeness (QED) is 0.870. The lowest BCUT2D eigenvalue weighted by Gasteiger charge is -2.25. The van der Waals surface area contributed by atoms with Gasteiger partial charge in [0.25, 0.3) is 0 Å². The summed E-state index contributed by atoms with van der Waals surface area (Å²) in [5.41, 5.74) is 1.64. The number of hydrogen-bond acceptors (Lipinski definition) is 4. The zero-order valence-electron chi connectivity index (χ0n) is 11.4. The molecule has 1 N–H and O–H groups in total. The van der Waals surface area contributed by atoms with E-state index in [9.17, 15) is 4.79 Å². The van der Waals surface area contributed by atoms with Crippen LogP contribution in [-0.4, -0.2) is 28.9 Å². The SMILES string of the molecule is CCOC(=O)c1cc2n(n1)CC(c1ccccc1)CN2. The number of fused-ring (bicyclic) bond motifs is 1. The molecule has 0 spiro atoms. The van der Waals surface area contributed by atoms with Crippen molar-refractivity contribution in [2.45, 2.75) is 19.4 Å². The largest absolute Gasteiger partial charge is 0.461 e. The van der Waals surface area contributed by atoms with Gasteiger partial charge in [-0.1, -0.05) is 30.3 Å². The predicted molar refractivity (Wildman–Crippen MR) is 75.9 cm³/mol. The minimum Gasteiger partial charge on any atom is -0.461 e. The molecule has 1 aromatic carbocycles. The van der Waals surface area contributed by atoms with Gasteiger partial charge in [-0.2, -0.15) is 5.10 Å². The van der Waals surface area contributed by atoms with Crippen LogP contribution in [0.5, 0.6) is 0 Å². The van der Waals surface area contributed by atoms with Gasteiger partial charge in [-0.25, -0.2) is 9.48 Å².